The van der Waals surface area contributed by atoms with Crippen molar-refractivity contribution in [1.82, 2.24) is 9.78 Å². The third-order valence-corrected chi connectivity index (χ3v) is 2.92. The zero-order valence-corrected chi connectivity index (χ0v) is 10.9. The Morgan fingerprint density at radius 1 is 1.24 bits per heavy atom. The number of carbonyl (C=O) groups excluding carboxylic acids is 1. The predicted molar refractivity (Wildman–Crippen MR) is 68.3 cm³/mol. The van der Waals surface area contributed by atoms with Gasteiger partial charge >= 0.3 is 0 Å². The summed E-state index contributed by atoms with van der Waals surface area (Å²) in [6, 6.07) is 5.14. The third-order valence-electron chi connectivity index (χ3n) is 2.48. The highest BCUT2D eigenvalue weighted by molar-refractivity contribution is 6.34. The lowest BCUT2D eigenvalue weighted by Gasteiger charge is -2.06. The zero-order valence-electron chi connectivity index (χ0n) is 9.37. The molecule has 0 aliphatic heterocycles. The van der Waals surface area contributed by atoms with Gasteiger partial charge in [0.25, 0.3) is 0 Å². The molecule has 0 saturated carbocycles. The topological polar surface area (TPSA) is 34.9 Å². The second kappa shape index (κ2) is 4.51. The summed E-state index contributed by atoms with van der Waals surface area (Å²) in [7, 11) is 0. The lowest BCUT2D eigenvalue weighted by molar-refractivity contribution is 0.101. The molecule has 0 fully saturated rings. The van der Waals surface area contributed by atoms with Gasteiger partial charge in [0.1, 0.15) is 0 Å². The number of halogens is 2. The van der Waals surface area contributed by atoms with Crippen LogP contribution in [0.3, 0.4) is 0 Å². The molecule has 17 heavy (non-hydrogen) atoms. The van der Waals surface area contributed by atoms with Crippen LogP contribution in [0.25, 0.3) is 5.69 Å². The van der Waals surface area contributed by atoms with E-state index in [-0.39, 0.29) is 5.78 Å². The maximum atomic E-state index is 11.3. The molecule has 0 amide bonds. The Morgan fingerprint density at radius 3 is 2.29 bits per heavy atom. The summed E-state index contributed by atoms with van der Waals surface area (Å²) in [6.07, 6.45) is 1.55. The number of ketones is 1. The van der Waals surface area contributed by atoms with Gasteiger partial charge in [0.15, 0.2) is 5.78 Å². The fourth-order valence-electron chi connectivity index (χ4n) is 1.68. The van der Waals surface area contributed by atoms with Crippen molar-refractivity contribution in [2.45, 2.75) is 13.8 Å². The first-order chi connectivity index (χ1) is 7.99. The maximum Gasteiger partial charge on any atom is 0.163 e. The fourth-order valence-corrected chi connectivity index (χ4v) is 2.19. The van der Waals surface area contributed by atoms with Gasteiger partial charge < -0.3 is 0 Å². The number of nitrogens with zero attached hydrogens (tertiary/aromatic N) is 2. The number of hydrogen-bond donors (Lipinski definition) is 0. The first kappa shape index (κ1) is 12.1. The van der Waals surface area contributed by atoms with Crippen molar-refractivity contribution in [2.24, 2.45) is 0 Å². The van der Waals surface area contributed by atoms with E-state index in [2.05, 4.69) is 5.10 Å². The van der Waals surface area contributed by atoms with Gasteiger partial charge in [0, 0.05) is 10.0 Å². The lowest BCUT2D eigenvalue weighted by Crippen LogP contribution is -2.01. The molecule has 0 saturated heterocycles. The highest BCUT2D eigenvalue weighted by atomic mass is 35.5. The standard InChI is InChI=1S/C12H10Cl2N2O/c1-7-12(8(2)17)6-15-16(7)11-4-9(13)3-10(14)5-11/h3-6H,1-2H3. The first-order valence-corrected chi connectivity index (χ1v) is 5.76. The second-order valence-electron chi connectivity index (χ2n) is 3.74. The molecular formula is C12H10Cl2N2O. The lowest BCUT2D eigenvalue weighted by atomic mass is 10.2. The Morgan fingerprint density at radius 2 is 1.82 bits per heavy atom. The van der Waals surface area contributed by atoms with E-state index < -0.39 is 0 Å². The molecule has 0 unspecified atom stereocenters. The molecule has 0 spiro atoms. The molecule has 3 nitrogen and oxygen atoms in total. The van der Waals surface area contributed by atoms with Crippen molar-refractivity contribution in [2.75, 3.05) is 0 Å². The van der Waals surface area contributed by atoms with Gasteiger partial charge in [-0.3, -0.25) is 4.79 Å². The summed E-state index contributed by atoms with van der Waals surface area (Å²) in [5, 5.41) is 5.24. The van der Waals surface area contributed by atoms with E-state index in [1.165, 1.54) is 6.92 Å². The molecule has 0 aliphatic rings. The summed E-state index contributed by atoms with van der Waals surface area (Å²) in [5.41, 5.74) is 2.12. The van der Waals surface area contributed by atoms with Gasteiger partial charge in [-0.1, -0.05) is 23.2 Å². The summed E-state index contributed by atoms with van der Waals surface area (Å²) in [6.45, 7) is 3.35. The van der Waals surface area contributed by atoms with Crippen LogP contribution in [0.5, 0.6) is 0 Å². The van der Waals surface area contributed by atoms with Crippen LogP contribution in [0.2, 0.25) is 10.0 Å². The Labute approximate surface area is 109 Å². The van der Waals surface area contributed by atoms with Gasteiger partial charge in [-0.25, -0.2) is 4.68 Å². The molecule has 0 radical (unpaired) electrons. The Balaban J connectivity index is 2.57. The molecule has 0 aliphatic carbocycles. The van der Waals surface area contributed by atoms with E-state index in [1.54, 1.807) is 29.1 Å². The van der Waals surface area contributed by atoms with Gasteiger partial charge in [0.05, 0.1) is 23.1 Å². The van der Waals surface area contributed by atoms with E-state index >= 15 is 0 Å². The van der Waals surface area contributed by atoms with Crippen LogP contribution in [0.1, 0.15) is 23.0 Å². The maximum absolute atomic E-state index is 11.3. The summed E-state index contributed by atoms with van der Waals surface area (Å²) in [4.78, 5) is 11.3. The summed E-state index contributed by atoms with van der Waals surface area (Å²) in [5.74, 6) is -0.0122. The van der Waals surface area contributed by atoms with E-state index in [0.29, 0.717) is 15.6 Å². The second-order valence-corrected chi connectivity index (χ2v) is 4.61. The number of carbonyl (C=O) groups is 1. The van der Waals surface area contributed by atoms with Crippen molar-refractivity contribution < 1.29 is 4.79 Å². The normalized spacial score (nSPS) is 10.6. The molecule has 2 aromatic rings. The number of hydrogen-bond acceptors (Lipinski definition) is 2. The third kappa shape index (κ3) is 2.35. The minimum atomic E-state index is -0.0122. The fraction of sp³-hybridized carbons (Fsp3) is 0.167. The highest BCUT2D eigenvalue weighted by Gasteiger charge is 2.12. The van der Waals surface area contributed by atoms with E-state index in [4.69, 9.17) is 23.2 Å². The molecule has 0 atom stereocenters. The van der Waals surface area contributed by atoms with Crippen LogP contribution in [0.15, 0.2) is 24.4 Å². The number of Topliss-reactive ketones (excluding diaryl/α,β-unsaturated/α-hetero) is 1. The highest BCUT2D eigenvalue weighted by Crippen LogP contribution is 2.23. The van der Waals surface area contributed by atoms with Crippen LogP contribution in [0, 0.1) is 6.92 Å². The summed E-state index contributed by atoms with van der Waals surface area (Å²) < 4.78 is 1.65. The molecular weight excluding hydrogens is 259 g/mol. The van der Waals surface area contributed by atoms with Crippen LogP contribution in [0.4, 0.5) is 0 Å². The SMILES string of the molecule is CC(=O)c1cnn(-c2cc(Cl)cc(Cl)c2)c1C. The molecule has 1 heterocycles. The average Bonchev–Trinajstić information content (AvgIpc) is 2.58. The van der Waals surface area contributed by atoms with Crippen molar-refractivity contribution >= 4 is 29.0 Å². The van der Waals surface area contributed by atoms with Gasteiger partial charge in [0.2, 0.25) is 0 Å². The quantitative estimate of drug-likeness (QED) is 0.779. The van der Waals surface area contributed by atoms with Gasteiger partial charge in [-0.2, -0.15) is 5.10 Å². The molecule has 5 heteroatoms. The van der Waals surface area contributed by atoms with Crippen molar-refractivity contribution in [3.05, 3.63) is 45.7 Å². The molecule has 88 valence electrons. The van der Waals surface area contributed by atoms with Crippen LogP contribution in [-0.2, 0) is 0 Å². The Hall–Kier alpha value is -1.32. The van der Waals surface area contributed by atoms with Gasteiger partial charge in [-0.05, 0) is 32.0 Å². The molecule has 1 aromatic heterocycles. The van der Waals surface area contributed by atoms with Crippen LogP contribution >= 0.6 is 23.2 Å². The minimum absolute atomic E-state index is 0.0122. The Bertz CT molecular complexity index is 570. The van der Waals surface area contributed by atoms with Crippen molar-refractivity contribution in [3.63, 3.8) is 0 Å². The molecule has 2 rings (SSSR count). The van der Waals surface area contributed by atoms with Gasteiger partial charge in [-0.15, -0.1) is 0 Å². The number of aromatic nitrogens is 2. The number of rotatable bonds is 2. The molecule has 0 N–H and O–H groups in total. The van der Waals surface area contributed by atoms with Crippen molar-refractivity contribution in [1.29, 1.82) is 0 Å². The van der Waals surface area contributed by atoms with E-state index in [9.17, 15) is 4.79 Å². The monoisotopic (exact) mass is 268 g/mol. The smallest absolute Gasteiger partial charge is 0.163 e. The van der Waals surface area contributed by atoms with E-state index in [1.807, 2.05) is 6.92 Å². The molecule has 0 bridgehead atoms. The predicted octanol–water partition coefficient (Wildman–Crippen LogP) is 3.69. The first-order valence-electron chi connectivity index (χ1n) is 5.01. The van der Waals surface area contributed by atoms with Crippen molar-refractivity contribution in [3.8, 4) is 5.69 Å². The molecule has 1 aromatic carbocycles. The van der Waals surface area contributed by atoms with Crippen LogP contribution in [-0.4, -0.2) is 15.6 Å². The van der Waals surface area contributed by atoms with Crippen LogP contribution < -0.4 is 0 Å². The zero-order chi connectivity index (χ0) is 12.6. The summed E-state index contributed by atoms with van der Waals surface area (Å²) >= 11 is 11.9. The van der Waals surface area contributed by atoms with E-state index in [0.717, 1.165) is 11.4 Å². The largest absolute Gasteiger partial charge is 0.294 e. The Kier molecular flexibility index (Phi) is 3.22. The number of benzene rings is 1. The average molecular weight is 269 g/mol. The minimum Gasteiger partial charge on any atom is -0.294 e.